The van der Waals surface area contributed by atoms with Crippen LogP contribution >= 0.6 is 11.8 Å². The molecule has 6 rings (SSSR count). The maximum atomic E-state index is 11.7. The summed E-state index contributed by atoms with van der Waals surface area (Å²) in [6.45, 7) is 15.1. The first-order valence-corrected chi connectivity index (χ1v) is 21.8. The van der Waals surface area contributed by atoms with Gasteiger partial charge >= 0.3 is 0 Å². The topological polar surface area (TPSA) is 73.7 Å². The van der Waals surface area contributed by atoms with Gasteiger partial charge in [-0.2, -0.15) is 13.0 Å². The van der Waals surface area contributed by atoms with Crippen LogP contribution < -0.4 is 14.2 Å². The summed E-state index contributed by atoms with van der Waals surface area (Å²) in [5.41, 5.74) is 12.2. The minimum atomic E-state index is -4.06. The van der Waals surface area contributed by atoms with Gasteiger partial charge in [-0.25, -0.2) is 4.57 Å². The van der Waals surface area contributed by atoms with Gasteiger partial charge in [-0.05, 0) is 86.6 Å². The molecule has 3 aliphatic rings. The molecule has 0 unspecified atom stereocenters. The highest BCUT2D eigenvalue weighted by atomic mass is 32.2. The first kappa shape index (κ1) is 39.8. The number of hydrogen-bond acceptors (Lipinski definition) is 5. The quantitative estimate of drug-likeness (QED) is 0.130. The number of aryl methyl sites for hydroxylation is 2. The molecule has 2 aliphatic heterocycles. The summed E-state index contributed by atoms with van der Waals surface area (Å²) in [6.07, 6.45) is 18.0. The van der Waals surface area contributed by atoms with Crippen molar-refractivity contribution >= 4 is 39.0 Å². The highest BCUT2D eigenvalue weighted by Crippen LogP contribution is 2.49. The Kier molecular flexibility index (Phi) is 11.8. The number of benzene rings is 2. The molecule has 0 atom stereocenters. The standard InChI is InChI=1S/C45H56N3O4S2/c1-9-10-24-47-39-18-12-32(2)29-37(39)44(3,4)41(47)20-15-34-13-14-35(43(34)53-31-33-22-26-46(7)27-23-33)16-21-42-45(5,6)38-30-36(52-8)17-19-40(38)48(42)25-11-28-54(49,50)51/h12,15-23,26-27,29-30H,9-11,13-14,24-25,28,31H2,1-8H3/q+1/p+1. The number of ether oxygens (including phenoxy) is 1. The number of hydrogen-bond donors (Lipinski definition) is 1. The summed E-state index contributed by atoms with van der Waals surface area (Å²) in [5.74, 6) is 1.38. The summed E-state index contributed by atoms with van der Waals surface area (Å²) in [6, 6.07) is 17.4. The number of rotatable bonds is 14. The largest absolute Gasteiger partial charge is 0.497 e. The van der Waals surface area contributed by atoms with Crippen molar-refractivity contribution in [3.8, 4) is 5.75 Å². The Bertz CT molecular complexity index is 2170. The molecular formula is C45H57N3O4S2+2. The van der Waals surface area contributed by atoms with Gasteiger partial charge in [-0.1, -0.05) is 57.0 Å². The normalized spacial score (nSPS) is 19.2. The molecule has 0 saturated heterocycles. The number of fused-ring (bicyclic) bond motifs is 2. The molecule has 54 heavy (non-hydrogen) atoms. The van der Waals surface area contributed by atoms with Gasteiger partial charge in [0.1, 0.15) is 19.3 Å². The fourth-order valence-electron chi connectivity index (χ4n) is 8.12. The van der Waals surface area contributed by atoms with E-state index in [2.05, 4.69) is 135 Å². The third-order valence-corrected chi connectivity index (χ3v) is 13.3. The Balaban J connectivity index is 1.41. The molecule has 0 bridgehead atoms. The maximum absolute atomic E-state index is 11.7. The van der Waals surface area contributed by atoms with Gasteiger partial charge in [0.25, 0.3) is 10.1 Å². The van der Waals surface area contributed by atoms with Crippen LogP contribution in [0.4, 0.5) is 11.4 Å². The predicted octanol–water partition coefficient (Wildman–Crippen LogP) is 9.43. The van der Waals surface area contributed by atoms with Gasteiger partial charge in [0.2, 0.25) is 5.69 Å². The van der Waals surface area contributed by atoms with Crippen molar-refractivity contribution in [3.63, 3.8) is 0 Å². The lowest BCUT2D eigenvalue weighted by molar-refractivity contribution is -0.671. The first-order valence-electron chi connectivity index (χ1n) is 19.2. The molecule has 286 valence electrons. The van der Waals surface area contributed by atoms with Gasteiger partial charge < -0.3 is 9.64 Å². The number of nitrogens with zero attached hydrogens (tertiary/aromatic N) is 3. The van der Waals surface area contributed by atoms with Crippen LogP contribution in [0.1, 0.15) is 89.0 Å². The highest BCUT2D eigenvalue weighted by molar-refractivity contribution is 8.02. The van der Waals surface area contributed by atoms with E-state index in [0.29, 0.717) is 13.0 Å². The van der Waals surface area contributed by atoms with E-state index >= 15 is 0 Å². The Morgan fingerprint density at radius 1 is 0.944 bits per heavy atom. The van der Waals surface area contributed by atoms with Crippen LogP contribution in [0.15, 0.2) is 107 Å². The lowest BCUT2D eigenvalue weighted by Crippen LogP contribution is -2.28. The van der Waals surface area contributed by atoms with Crippen molar-refractivity contribution < 1.29 is 26.9 Å². The Hall–Kier alpha value is -3.92. The third kappa shape index (κ3) is 8.33. The second-order valence-electron chi connectivity index (χ2n) is 15.9. The van der Waals surface area contributed by atoms with Crippen LogP contribution in [-0.2, 0) is 33.7 Å². The molecule has 3 aromatic rings. The third-order valence-electron chi connectivity index (χ3n) is 11.2. The molecule has 0 radical (unpaired) electrons. The molecule has 1 aliphatic carbocycles. The molecule has 9 heteroatoms. The summed E-state index contributed by atoms with van der Waals surface area (Å²) < 4.78 is 42.8. The number of pyridine rings is 1. The van der Waals surface area contributed by atoms with Crippen molar-refractivity contribution in [1.29, 1.82) is 0 Å². The van der Waals surface area contributed by atoms with Crippen LogP contribution in [0.5, 0.6) is 5.75 Å². The lowest BCUT2D eigenvalue weighted by Gasteiger charge is -2.27. The van der Waals surface area contributed by atoms with E-state index in [1.54, 1.807) is 7.11 Å². The average Bonchev–Trinajstić information content (AvgIpc) is 3.68. The predicted molar refractivity (Wildman–Crippen MR) is 224 cm³/mol. The number of allylic oxidation sites excluding steroid dienone is 7. The van der Waals surface area contributed by atoms with Crippen LogP contribution in [0.3, 0.4) is 0 Å². The molecule has 1 aromatic heterocycles. The van der Waals surface area contributed by atoms with Crippen LogP contribution in [0.2, 0.25) is 0 Å². The fourth-order valence-corrected chi connectivity index (χ4v) is 9.83. The van der Waals surface area contributed by atoms with E-state index in [1.165, 1.54) is 44.1 Å². The number of unbranched alkanes of at least 4 members (excludes halogenated alkanes) is 1. The molecule has 3 heterocycles. The van der Waals surface area contributed by atoms with E-state index in [9.17, 15) is 13.0 Å². The van der Waals surface area contributed by atoms with Crippen LogP contribution in [0, 0.1) is 6.92 Å². The Labute approximate surface area is 327 Å². The zero-order valence-corrected chi connectivity index (χ0v) is 34.9. The highest BCUT2D eigenvalue weighted by Gasteiger charge is 2.45. The zero-order chi connectivity index (χ0) is 38.8. The number of anilines is 1. The summed E-state index contributed by atoms with van der Waals surface area (Å²) in [7, 11) is -0.342. The van der Waals surface area contributed by atoms with E-state index in [0.717, 1.165) is 60.7 Å². The molecule has 0 amide bonds. The van der Waals surface area contributed by atoms with Crippen LogP contribution in [0.25, 0.3) is 0 Å². The monoisotopic (exact) mass is 767 g/mol. The molecule has 1 N–H and O–H groups in total. The first-order chi connectivity index (χ1) is 25.6. The second-order valence-corrected chi connectivity index (χ2v) is 18.5. The van der Waals surface area contributed by atoms with Gasteiger partial charge in [-0.3, -0.25) is 4.55 Å². The van der Waals surface area contributed by atoms with Crippen molar-refractivity contribution in [1.82, 2.24) is 0 Å². The zero-order valence-electron chi connectivity index (χ0n) is 33.3. The smallest absolute Gasteiger partial charge is 0.265 e. The molecule has 7 nitrogen and oxygen atoms in total. The van der Waals surface area contributed by atoms with Gasteiger partial charge in [0.05, 0.1) is 18.3 Å². The van der Waals surface area contributed by atoms with Crippen LogP contribution in [-0.4, -0.2) is 49.2 Å². The number of aromatic nitrogens is 1. The summed E-state index contributed by atoms with van der Waals surface area (Å²) >= 11 is 1.91. The van der Waals surface area contributed by atoms with Crippen molar-refractivity contribution in [2.45, 2.75) is 90.2 Å². The molecule has 0 spiro atoms. The van der Waals surface area contributed by atoms with Gasteiger partial charge in [0, 0.05) is 70.3 Å². The minimum Gasteiger partial charge on any atom is -0.497 e. The van der Waals surface area contributed by atoms with E-state index in [4.69, 9.17) is 4.74 Å². The summed E-state index contributed by atoms with van der Waals surface area (Å²) in [5, 5.41) is 0. The van der Waals surface area contributed by atoms with Crippen molar-refractivity contribution in [2.24, 2.45) is 7.05 Å². The molecule has 0 fully saturated rings. The second kappa shape index (κ2) is 16.0. The van der Waals surface area contributed by atoms with Gasteiger partial charge in [0.15, 0.2) is 18.1 Å². The van der Waals surface area contributed by atoms with Gasteiger partial charge in [-0.15, -0.1) is 11.8 Å². The number of methoxy groups -OCH3 is 1. The SMILES string of the molecule is CCCCN1/C(=C/C=C2\CCC(/C=C/C3=[N+](CCCS(=O)(=O)O)c4ccc(OC)cc4C3(C)C)=C2SCc2cc[n+](C)cc2)C(C)(C)c2cc(C)ccc21. The summed E-state index contributed by atoms with van der Waals surface area (Å²) in [4.78, 5) is 3.88. The number of thioether (sulfide) groups is 1. The van der Waals surface area contributed by atoms with Crippen molar-refractivity contribution in [2.75, 3.05) is 30.9 Å². The molecule has 2 aromatic carbocycles. The minimum absolute atomic E-state index is 0.106. The average molecular weight is 768 g/mol. The van der Waals surface area contributed by atoms with E-state index in [-0.39, 0.29) is 16.6 Å². The van der Waals surface area contributed by atoms with Crippen molar-refractivity contribution in [3.05, 3.63) is 129 Å². The lowest BCUT2D eigenvalue weighted by atomic mass is 9.81. The maximum Gasteiger partial charge on any atom is 0.265 e. The molecule has 0 saturated carbocycles. The van der Waals surface area contributed by atoms with E-state index in [1.807, 2.05) is 24.9 Å². The fraction of sp³-hybridized carbons (Fsp3) is 0.422. The van der Waals surface area contributed by atoms with E-state index < -0.39 is 10.1 Å². The molecular weight excluding hydrogens is 711 g/mol. The Morgan fingerprint density at radius 2 is 1.70 bits per heavy atom. The Morgan fingerprint density at radius 3 is 2.41 bits per heavy atom.